The average molecular weight is 324 g/mol. The zero-order valence-corrected chi connectivity index (χ0v) is 14.9. The van der Waals surface area contributed by atoms with E-state index in [1.807, 2.05) is 4.90 Å². The summed E-state index contributed by atoms with van der Waals surface area (Å²) in [6.45, 7) is 9.77. The van der Waals surface area contributed by atoms with Gasteiger partial charge in [-0.3, -0.25) is 14.5 Å². The summed E-state index contributed by atoms with van der Waals surface area (Å²) in [6.07, 6.45) is 3.27. The normalized spacial score (nSPS) is 27.0. The predicted octanol–water partition coefficient (Wildman–Crippen LogP) is 0.387. The van der Waals surface area contributed by atoms with Crippen molar-refractivity contribution < 1.29 is 9.59 Å². The monoisotopic (exact) mass is 324 g/mol. The summed E-state index contributed by atoms with van der Waals surface area (Å²) in [4.78, 5) is 30.6. The fraction of sp³-hybridized carbons (Fsp3) is 0.882. The lowest BCUT2D eigenvalue weighted by Crippen LogP contribution is -2.43. The summed E-state index contributed by atoms with van der Waals surface area (Å²) < 4.78 is 0. The van der Waals surface area contributed by atoms with E-state index in [1.165, 1.54) is 0 Å². The Morgan fingerprint density at radius 3 is 2.61 bits per heavy atom. The smallest absolute Gasteiger partial charge is 0.236 e. The van der Waals surface area contributed by atoms with Gasteiger partial charge in [0.25, 0.3) is 0 Å². The van der Waals surface area contributed by atoms with E-state index in [1.54, 1.807) is 6.92 Å². The number of rotatable bonds is 5. The van der Waals surface area contributed by atoms with Crippen LogP contribution in [0.3, 0.4) is 0 Å². The Labute approximate surface area is 140 Å². The molecule has 6 heteroatoms. The summed E-state index contributed by atoms with van der Waals surface area (Å²) in [6, 6.07) is 0.117. The Morgan fingerprint density at radius 2 is 1.91 bits per heavy atom. The highest BCUT2D eigenvalue weighted by Gasteiger charge is 2.35. The molecule has 0 radical (unpaired) electrons. The number of likely N-dealkylation sites (N-methyl/N-ethyl adjacent to an activating group) is 1. The van der Waals surface area contributed by atoms with Crippen LogP contribution >= 0.6 is 0 Å². The van der Waals surface area contributed by atoms with Crippen LogP contribution in [0.4, 0.5) is 0 Å². The second kappa shape index (κ2) is 8.64. The third-order valence-electron chi connectivity index (χ3n) is 5.01. The van der Waals surface area contributed by atoms with Gasteiger partial charge in [0.2, 0.25) is 11.8 Å². The molecular formula is C17H32N4O2. The van der Waals surface area contributed by atoms with Gasteiger partial charge in [0, 0.05) is 33.1 Å². The van der Waals surface area contributed by atoms with Crippen molar-refractivity contribution >= 4 is 11.8 Å². The van der Waals surface area contributed by atoms with Crippen LogP contribution in [-0.2, 0) is 9.59 Å². The number of carbonyl (C=O) groups excluding carboxylic acids is 2. The second-order valence-electron chi connectivity index (χ2n) is 7.09. The zero-order valence-electron chi connectivity index (χ0n) is 14.9. The van der Waals surface area contributed by atoms with E-state index >= 15 is 0 Å². The quantitative estimate of drug-likeness (QED) is 0.795. The summed E-state index contributed by atoms with van der Waals surface area (Å²) in [7, 11) is 2.14. The number of likely N-dealkylation sites (tertiary alicyclic amines) is 1. The van der Waals surface area contributed by atoms with Crippen molar-refractivity contribution in [3.05, 3.63) is 0 Å². The maximum Gasteiger partial charge on any atom is 0.236 e. The minimum Gasteiger partial charge on any atom is -0.351 e. The number of carbonyl (C=O) groups is 2. The Bertz CT molecular complexity index is 415. The van der Waals surface area contributed by atoms with Gasteiger partial charge >= 0.3 is 0 Å². The molecule has 2 aliphatic heterocycles. The largest absolute Gasteiger partial charge is 0.351 e. The highest BCUT2D eigenvalue weighted by molar-refractivity contribution is 5.79. The molecule has 6 nitrogen and oxygen atoms in total. The van der Waals surface area contributed by atoms with Crippen molar-refractivity contribution in [2.75, 3.05) is 52.9 Å². The van der Waals surface area contributed by atoms with Crippen molar-refractivity contribution in [1.82, 2.24) is 20.0 Å². The summed E-state index contributed by atoms with van der Waals surface area (Å²) >= 11 is 0. The first-order valence-corrected chi connectivity index (χ1v) is 8.95. The van der Waals surface area contributed by atoms with Gasteiger partial charge in [0.1, 0.15) is 0 Å². The molecule has 2 atom stereocenters. The highest BCUT2D eigenvalue weighted by atomic mass is 16.2. The Hall–Kier alpha value is -1.14. The molecule has 2 saturated heterocycles. The second-order valence-corrected chi connectivity index (χ2v) is 7.09. The fourth-order valence-electron chi connectivity index (χ4n) is 3.71. The average Bonchev–Trinajstić information content (AvgIpc) is 2.75. The minimum atomic E-state index is 0.000886. The van der Waals surface area contributed by atoms with E-state index in [2.05, 4.69) is 29.1 Å². The number of hydrogen-bond acceptors (Lipinski definition) is 4. The molecule has 23 heavy (non-hydrogen) atoms. The third-order valence-corrected chi connectivity index (χ3v) is 5.01. The number of nitrogens with one attached hydrogen (secondary N) is 1. The van der Waals surface area contributed by atoms with E-state index in [9.17, 15) is 9.59 Å². The van der Waals surface area contributed by atoms with E-state index in [0.29, 0.717) is 19.0 Å². The van der Waals surface area contributed by atoms with Crippen LogP contribution in [-0.4, -0.2) is 85.4 Å². The number of amides is 2. The first-order chi connectivity index (χ1) is 11.0. The van der Waals surface area contributed by atoms with Gasteiger partial charge in [-0.05, 0) is 38.9 Å². The summed E-state index contributed by atoms with van der Waals surface area (Å²) in [5.74, 6) is 0.604. The van der Waals surface area contributed by atoms with Crippen LogP contribution in [0, 0.1) is 5.92 Å². The summed E-state index contributed by atoms with van der Waals surface area (Å²) in [5, 5.41) is 3.03. The lowest BCUT2D eigenvalue weighted by molar-refractivity contribution is -0.131. The lowest BCUT2D eigenvalue weighted by Gasteiger charge is -2.23. The molecule has 0 aromatic carbocycles. The molecule has 0 aromatic rings. The van der Waals surface area contributed by atoms with Crippen LogP contribution < -0.4 is 5.32 Å². The highest BCUT2D eigenvalue weighted by Crippen LogP contribution is 2.22. The molecule has 0 saturated carbocycles. The molecule has 2 rings (SSSR count). The van der Waals surface area contributed by atoms with E-state index < -0.39 is 0 Å². The molecule has 0 bridgehead atoms. The van der Waals surface area contributed by atoms with Gasteiger partial charge in [-0.2, -0.15) is 0 Å². The molecule has 2 unspecified atom stereocenters. The standard InChI is InChI=1S/C17H32N4O2/c1-4-6-15-11-21(12-16(15)18-14(2)22)17(23)13-20-8-5-7-19(3)9-10-20/h15-16H,4-13H2,1-3H3,(H,18,22). The maximum atomic E-state index is 12.6. The van der Waals surface area contributed by atoms with Gasteiger partial charge in [-0.1, -0.05) is 13.3 Å². The molecule has 0 aromatic heterocycles. The van der Waals surface area contributed by atoms with Crippen LogP contribution in [0.1, 0.15) is 33.1 Å². The summed E-state index contributed by atoms with van der Waals surface area (Å²) in [5.41, 5.74) is 0. The Balaban J connectivity index is 1.87. The molecule has 2 fully saturated rings. The number of hydrogen-bond donors (Lipinski definition) is 1. The predicted molar refractivity (Wildman–Crippen MR) is 91.1 cm³/mol. The van der Waals surface area contributed by atoms with E-state index in [-0.39, 0.29) is 17.9 Å². The van der Waals surface area contributed by atoms with Crippen molar-refractivity contribution in [2.45, 2.75) is 39.2 Å². The van der Waals surface area contributed by atoms with Gasteiger partial charge in [0.05, 0.1) is 12.6 Å². The van der Waals surface area contributed by atoms with Crippen molar-refractivity contribution in [1.29, 1.82) is 0 Å². The van der Waals surface area contributed by atoms with Crippen molar-refractivity contribution in [2.24, 2.45) is 5.92 Å². The third kappa shape index (κ3) is 5.46. The molecule has 0 spiro atoms. The Kier molecular flexibility index (Phi) is 6.84. The van der Waals surface area contributed by atoms with Gasteiger partial charge in [-0.15, -0.1) is 0 Å². The molecule has 132 valence electrons. The van der Waals surface area contributed by atoms with E-state index in [4.69, 9.17) is 0 Å². The first kappa shape index (κ1) is 18.2. The zero-order chi connectivity index (χ0) is 16.8. The van der Waals surface area contributed by atoms with Crippen LogP contribution in [0.15, 0.2) is 0 Å². The molecule has 0 aliphatic carbocycles. The molecule has 2 amide bonds. The molecule has 2 aliphatic rings. The molecule has 2 heterocycles. The Morgan fingerprint density at radius 1 is 1.13 bits per heavy atom. The minimum absolute atomic E-state index is 0.000886. The van der Waals surface area contributed by atoms with Crippen LogP contribution in [0.2, 0.25) is 0 Å². The topological polar surface area (TPSA) is 55.9 Å². The van der Waals surface area contributed by atoms with Gasteiger partial charge in [-0.25, -0.2) is 0 Å². The maximum absolute atomic E-state index is 12.6. The van der Waals surface area contributed by atoms with Crippen molar-refractivity contribution in [3.8, 4) is 0 Å². The number of nitrogens with zero attached hydrogens (tertiary/aromatic N) is 3. The van der Waals surface area contributed by atoms with E-state index in [0.717, 1.165) is 52.0 Å². The van der Waals surface area contributed by atoms with Gasteiger partial charge < -0.3 is 15.1 Å². The lowest BCUT2D eigenvalue weighted by atomic mass is 9.98. The fourth-order valence-corrected chi connectivity index (χ4v) is 3.71. The van der Waals surface area contributed by atoms with Crippen LogP contribution in [0.5, 0.6) is 0 Å². The van der Waals surface area contributed by atoms with Crippen molar-refractivity contribution in [3.63, 3.8) is 0 Å². The van der Waals surface area contributed by atoms with Crippen LogP contribution in [0.25, 0.3) is 0 Å². The van der Waals surface area contributed by atoms with Gasteiger partial charge in [0.15, 0.2) is 0 Å². The molecule has 1 N–H and O–H groups in total. The first-order valence-electron chi connectivity index (χ1n) is 8.95. The SMILES string of the molecule is CCCC1CN(C(=O)CN2CCCN(C)CC2)CC1NC(C)=O. The molecular weight excluding hydrogens is 292 g/mol.